The quantitative estimate of drug-likeness (QED) is 0.660. The van der Waals surface area contributed by atoms with Gasteiger partial charge in [-0.1, -0.05) is 37.6 Å². The second-order valence-electron chi connectivity index (χ2n) is 5.82. The van der Waals surface area contributed by atoms with E-state index in [9.17, 15) is 10.4 Å². The largest absolute Gasteiger partial charge is 0.504 e. The summed E-state index contributed by atoms with van der Waals surface area (Å²) in [5, 5.41) is 24.4. The van der Waals surface area contributed by atoms with Crippen LogP contribution in [0.15, 0.2) is 24.3 Å². The fraction of sp³-hybridized carbons (Fsp3) is 0.368. The van der Waals surface area contributed by atoms with Gasteiger partial charge >= 0.3 is 0 Å². The Kier molecular flexibility index (Phi) is 5.23. The molecule has 0 radical (unpaired) electrons. The van der Waals surface area contributed by atoms with Gasteiger partial charge in [-0.3, -0.25) is 4.68 Å². The number of rotatable bonds is 5. The van der Waals surface area contributed by atoms with Gasteiger partial charge in [-0.2, -0.15) is 10.4 Å². The second-order valence-corrected chi connectivity index (χ2v) is 5.82. The summed E-state index contributed by atoms with van der Waals surface area (Å²) in [5.74, 6) is -0.0191. The van der Waals surface area contributed by atoms with Crippen LogP contribution >= 0.6 is 0 Å². The Labute approximate surface area is 137 Å². The zero-order chi connectivity index (χ0) is 17.0. The minimum Gasteiger partial charge on any atom is -0.504 e. The van der Waals surface area contributed by atoms with Gasteiger partial charge in [0, 0.05) is 12.6 Å². The Morgan fingerprint density at radius 1 is 1.26 bits per heavy atom. The number of benzene rings is 1. The lowest BCUT2D eigenvalue weighted by molar-refractivity contribution is 0.502. The van der Waals surface area contributed by atoms with Crippen LogP contribution < -0.4 is 0 Å². The molecule has 1 aromatic carbocycles. The molecule has 0 saturated heterocycles. The molecular formula is C19H23N3O. The van der Waals surface area contributed by atoms with Crippen molar-refractivity contribution in [2.24, 2.45) is 7.05 Å². The third-order valence-electron chi connectivity index (χ3n) is 4.16. The SMILES string of the molecule is CCCCc1ccc(C(C#N)=C(O)c2c(C)c(C)nn2C)cc1. The van der Waals surface area contributed by atoms with E-state index in [1.165, 1.54) is 5.56 Å². The molecule has 4 nitrogen and oxygen atoms in total. The van der Waals surface area contributed by atoms with Gasteiger partial charge in [-0.15, -0.1) is 0 Å². The average molecular weight is 309 g/mol. The van der Waals surface area contributed by atoms with Gasteiger partial charge < -0.3 is 5.11 Å². The highest BCUT2D eigenvalue weighted by molar-refractivity contribution is 5.94. The standard InChI is InChI=1S/C19H23N3O/c1-5-6-7-15-8-10-16(11-9-15)17(12-20)19(23)18-13(2)14(3)21-22(18)4/h8-11,23H,5-7H2,1-4H3. The van der Waals surface area contributed by atoms with Crippen molar-refractivity contribution in [2.75, 3.05) is 0 Å². The van der Waals surface area contributed by atoms with Crippen LogP contribution in [0.25, 0.3) is 11.3 Å². The highest BCUT2D eigenvalue weighted by Gasteiger charge is 2.18. The Morgan fingerprint density at radius 2 is 1.91 bits per heavy atom. The van der Waals surface area contributed by atoms with Crippen LogP contribution in [0.5, 0.6) is 0 Å². The molecule has 2 aromatic rings. The molecule has 0 spiro atoms. The summed E-state index contributed by atoms with van der Waals surface area (Å²) >= 11 is 0. The monoisotopic (exact) mass is 309 g/mol. The molecule has 0 fully saturated rings. The van der Waals surface area contributed by atoms with E-state index in [1.807, 2.05) is 38.1 Å². The maximum Gasteiger partial charge on any atom is 0.159 e. The minimum absolute atomic E-state index is 0.0191. The molecular weight excluding hydrogens is 286 g/mol. The number of unbranched alkanes of at least 4 members (excludes halogenated alkanes) is 1. The van der Waals surface area contributed by atoms with E-state index in [2.05, 4.69) is 18.1 Å². The predicted molar refractivity (Wildman–Crippen MR) is 92.8 cm³/mol. The van der Waals surface area contributed by atoms with Gasteiger partial charge in [-0.05, 0) is 37.8 Å². The van der Waals surface area contributed by atoms with Crippen molar-refractivity contribution in [2.45, 2.75) is 40.0 Å². The molecule has 0 bridgehead atoms. The molecule has 0 amide bonds. The lowest BCUT2D eigenvalue weighted by Gasteiger charge is -2.08. The average Bonchev–Trinajstić information content (AvgIpc) is 2.79. The van der Waals surface area contributed by atoms with Crippen molar-refractivity contribution in [3.8, 4) is 6.07 Å². The van der Waals surface area contributed by atoms with Crippen molar-refractivity contribution in [3.63, 3.8) is 0 Å². The van der Waals surface area contributed by atoms with Gasteiger partial charge in [0.1, 0.15) is 17.3 Å². The van der Waals surface area contributed by atoms with Crippen LogP contribution in [-0.4, -0.2) is 14.9 Å². The fourth-order valence-electron chi connectivity index (χ4n) is 2.69. The molecule has 1 heterocycles. The summed E-state index contributed by atoms with van der Waals surface area (Å²) in [5.41, 5.74) is 4.58. The first-order valence-corrected chi connectivity index (χ1v) is 7.92. The molecule has 2 rings (SSSR count). The maximum atomic E-state index is 10.6. The third kappa shape index (κ3) is 3.45. The zero-order valence-corrected chi connectivity index (χ0v) is 14.2. The topological polar surface area (TPSA) is 61.8 Å². The third-order valence-corrected chi connectivity index (χ3v) is 4.16. The zero-order valence-electron chi connectivity index (χ0n) is 14.2. The van der Waals surface area contributed by atoms with E-state index in [-0.39, 0.29) is 11.3 Å². The molecule has 23 heavy (non-hydrogen) atoms. The summed E-state index contributed by atoms with van der Waals surface area (Å²) in [7, 11) is 1.77. The molecule has 0 saturated carbocycles. The lowest BCUT2D eigenvalue weighted by atomic mass is 10.00. The number of aryl methyl sites for hydroxylation is 3. The summed E-state index contributed by atoms with van der Waals surface area (Å²) in [6.07, 6.45) is 3.35. The van der Waals surface area contributed by atoms with Gasteiger partial charge in [-0.25, -0.2) is 0 Å². The van der Waals surface area contributed by atoms with E-state index >= 15 is 0 Å². The van der Waals surface area contributed by atoms with E-state index in [1.54, 1.807) is 11.7 Å². The smallest absolute Gasteiger partial charge is 0.159 e. The maximum absolute atomic E-state index is 10.6. The Bertz CT molecular complexity index is 761. The molecule has 4 heteroatoms. The molecule has 1 N–H and O–H groups in total. The van der Waals surface area contributed by atoms with Crippen LogP contribution in [0, 0.1) is 25.2 Å². The first-order chi connectivity index (χ1) is 11.0. The number of aromatic nitrogens is 2. The second kappa shape index (κ2) is 7.15. The Balaban J connectivity index is 2.44. The van der Waals surface area contributed by atoms with Gasteiger partial charge in [0.05, 0.1) is 5.69 Å². The van der Waals surface area contributed by atoms with E-state index in [4.69, 9.17) is 0 Å². The number of allylic oxidation sites excluding steroid dienone is 1. The summed E-state index contributed by atoms with van der Waals surface area (Å²) in [4.78, 5) is 0. The normalized spacial score (nSPS) is 12.0. The highest BCUT2D eigenvalue weighted by atomic mass is 16.3. The first kappa shape index (κ1) is 16.8. The number of hydrogen-bond donors (Lipinski definition) is 1. The van der Waals surface area contributed by atoms with Crippen molar-refractivity contribution in [1.82, 2.24) is 9.78 Å². The van der Waals surface area contributed by atoms with Crippen LogP contribution in [-0.2, 0) is 13.5 Å². The number of aliphatic hydroxyl groups excluding tert-OH is 1. The van der Waals surface area contributed by atoms with Crippen LogP contribution in [0.4, 0.5) is 0 Å². The first-order valence-electron chi connectivity index (χ1n) is 7.92. The summed E-state index contributed by atoms with van der Waals surface area (Å²) in [6.45, 7) is 5.96. The summed E-state index contributed by atoms with van der Waals surface area (Å²) in [6, 6.07) is 9.98. The van der Waals surface area contributed by atoms with E-state index in [0.717, 1.165) is 36.1 Å². The van der Waals surface area contributed by atoms with Gasteiger partial charge in [0.25, 0.3) is 0 Å². The predicted octanol–water partition coefficient (Wildman–Crippen LogP) is 4.33. The van der Waals surface area contributed by atoms with Crippen molar-refractivity contribution >= 4 is 11.3 Å². The molecule has 0 aliphatic heterocycles. The van der Waals surface area contributed by atoms with Crippen molar-refractivity contribution in [3.05, 3.63) is 52.3 Å². The highest BCUT2D eigenvalue weighted by Crippen LogP contribution is 2.27. The number of hydrogen-bond acceptors (Lipinski definition) is 3. The molecule has 1 aromatic heterocycles. The van der Waals surface area contributed by atoms with E-state index < -0.39 is 0 Å². The van der Waals surface area contributed by atoms with Crippen LogP contribution in [0.1, 0.15) is 47.8 Å². The van der Waals surface area contributed by atoms with Crippen LogP contribution in [0.2, 0.25) is 0 Å². The Hall–Kier alpha value is -2.54. The molecule has 0 aliphatic rings. The number of nitrogens with zero attached hydrogens (tertiary/aromatic N) is 3. The van der Waals surface area contributed by atoms with Crippen molar-refractivity contribution < 1.29 is 5.11 Å². The minimum atomic E-state index is -0.0191. The Morgan fingerprint density at radius 3 is 2.39 bits per heavy atom. The molecule has 0 unspecified atom stereocenters. The molecule has 0 atom stereocenters. The molecule has 120 valence electrons. The summed E-state index contributed by atoms with van der Waals surface area (Å²) < 4.78 is 1.62. The molecule has 0 aliphatic carbocycles. The van der Waals surface area contributed by atoms with Crippen molar-refractivity contribution in [1.29, 1.82) is 5.26 Å². The van der Waals surface area contributed by atoms with Gasteiger partial charge in [0.2, 0.25) is 0 Å². The van der Waals surface area contributed by atoms with Crippen LogP contribution in [0.3, 0.4) is 0 Å². The lowest BCUT2D eigenvalue weighted by Crippen LogP contribution is -2.01. The fourth-order valence-corrected chi connectivity index (χ4v) is 2.69. The van der Waals surface area contributed by atoms with Gasteiger partial charge in [0.15, 0.2) is 5.76 Å². The number of nitriles is 1. The number of aliphatic hydroxyl groups is 1. The van der Waals surface area contributed by atoms with E-state index in [0.29, 0.717) is 5.69 Å².